The zero-order valence-electron chi connectivity index (χ0n) is 17.8. The van der Waals surface area contributed by atoms with E-state index in [2.05, 4.69) is 19.4 Å². The molecule has 13 nitrogen and oxygen atoms in total. The van der Waals surface area contributed by atoms with E-state index in [1.54, 1.807) is 0 Å². The molecule has 2 aromatic carbocycles. The molecule has 0 aliphatic rings. The summed E-state index contributed by atoms with van der Waals surface area (Å²) in [5.74, 6) is -0.658. The van der Waals surface area contributed by atoms with Gasteiger partial charge in [0.25, 0.3) is 15.7 Å². The van der Waals surface area contributed by atoms with E-state index in [0.29, 0.717) is 0 Å². The van der Waals surface area contributed by atoms with Crippen LogP contribution in [-0.2, 0) is 25.8 Å². The van der Waals surface area contributed by atoms with Crippen LogP contribution in [0.5, 0.6) is 11.9 Å². The third-order valence-corrected chi connectivity index (χ3v) is 6.89. The summed E-state index contributed by atoms with van der Waals surface area (Å²) in [5, 5.41) is 11.1. The lowest BCUT2D eigenvalue weighted by atomic mass is 10.2. The van der Waals surface area contributed by atoms with Gasteiger partial charge in [-0.15, -0.1) is 0 Å². The molecule has 15 heteroatoms. The fraction of sp³-hybridized carbons (Fsp3) is 0.158. The van der Waals surface area contributed by atoms with Crippen LogP contribution in [0.2, 0.25) is 0 Å². The first kappa shape index (κ1) is 24.7. The number of aromatic nitrogens is 2. The number of sulfonamides is 2. The highest BCUT2D eigenvalue weighted by atomic mass is 32.2. The Morgan fingerprint density at radius 2 is 1.62 bits per heavy atom. The van der Waals surface area contributed by atoms with E-state index in [-0.39, 0.29) is 39.5 Å². The Hall–Kier alpha value is -3.98. The molecule has 0 bridgehead atoms. The largest absolute Gasteiger partial charge is 0.481 e. The second-order valence-electron chi connectivity index (χ2n) is 6.66. The topological polar surface area (TPSA) is 180 Å². The number of nitro groups is 1. The van der Waals surface area contributed by atoms with Crippen molar-refractivity contribution in [2.75, 3.05) is 23.7 Å². The SMILES string of the molecule is COc1cc(NS(=O)(=O)c2ccc(NS(=O)(=O)Cc3ccccc3[N+](=O)[O-])cc2)nc(OC)n1. The lowest BCUT2D eigenvalue weighted by Crippen LogP contribution is -2.17. The van der Waals surface area contributed by atoms with Crippen LogP contribution in [0.1, 0.15) is 5.56 Å². The van der Waals surface area contributed by atoms with Crippen LogP contribution < -0.4 is 18.9 Å². The molecule has 0 aliphatic heterocycles. The number of rotatable bonds is 10. The number of nitrogens with zero attached hydrogens (tertiary/aromatic N) is 3. The molecule has 0 saturated heterocycles. The highest BCUT2D eigenvalue weighted by molar-refractivity contribution is 7.92. The molecule has 0 fully saturated rings. The molecule has 0 unspecified atom stereocenters. The number of benzene rings is 2. The molecule has 3 aromatic rings. The van der Waals surface area contributed by atoms with Gasteiger partial charge in [-0.05, 0) is 24.3 Å². The normalized spacial score (nSPS) is 11.5. The Kier molecular flexibility index (Phi) is 7.17. The summed E-state index contributed by atoms with van der Waals surface area (Å²) >= 11 is 0. The first-order chi connectivity index (χ1) is 16.0. The van der Waals surface area contributed by atoms with Crippen molar-refractivity contribution in [2.24, 2.45) is 0 Å². The van der Waals surface area contributed by atoms with E-state index in [1.165, 1.54) is 68.8 Å². The number of nitro benzene ring substituents is 1. The smallest absolute Gasteiger partial charge is 0.321 e. The quantitative estimate of drug-likeness (QED) is 0.304. The highest BCUT2D eigenvalue weighted by Crippen LogP contribution is 2.24. The summed E-state index contributed by atoms with van der Waals surface area (Å²) in [7, 11) is -5.46. The second kappa shape index (κ2) is 9.88. The molecule has 0 spiro atoms. The van der Waals surface area contributed by atoms with Gasteiger partial charge in [0, 0.05) is 23.4 Å². The van der Waals surface area contributed by atoms with Gasteiger partial charge in [0.05, 0.1) is 24.0 Å². The Bertz CT molecular complexity index is 1390. The van der Waals surface area contributed by atoms with Crippen molar-refractivity contribution < 1.29 is 31.2 Å². The van der Waals surface area contributed by atoms with Crippen molar-refractivity contribution in [1.29, 1.82) is 0 Å². The van der Waals surface area contributed by atoms with Crippen molar-refractivity contribution in [3.63, 3.8) is 0 Å². The van der Waals surface area contributed by atoms with E-state index in [9.17, 15) is 26.9 Å². The molecule has 1 aromatic heterocycles. The zero-order chi connectivity index (χ0) is 24.9. The van der Waals surface area contributed by atoms with Crippen molar-refractivity contribution in [3.05, 3.63) is 70.3 Å². The zero-order valence-corrected chi connectivity index (χ0v) is 19.5. The number of para-hydroxylation sites is 1. The number of hydrogen-bond donors (Lipinski definition) is 2. The summed E-state index contributed by atoms with van der Waals surface area (Å²) in [5.41, 5.74) is -0.236. The summed E-state index contributed by atoms with van der Waals surface area (Å²) < 4.78 is 64.7. The minimum Gasteiger partial charge on any atom is -0.481 e. The minimum absolute atomic E-state index is 0.0131. The second-order valence-corrected chi connectivity index (χ2v) is 10.1. The number of methoxy groups -OCH3 is 2. The van der Waals surface area contributed by atoms with Crippen LogP contribution in [0.3, 0.4) is 0 Å². The number of nitrogens with one attached hydrogen (secondary N) is 2. The third-order valence-electron chi connectivity index (χ3n) is 4.28. The molecule has 34 heavy (non-hydrogen) atoms. The van der Waals surface area contributed by atoms with E-state index in [4.69, 9.17) is 9.47 Å². The highest BCUT2D eigenvalue weighted by Gasteiger charge is 2.21. The Morgan fingerprint density at radius 1 is 0.941 bits per heavy atom. The predicted molar refractivity (Wildman–Crippen MR) is 122 cm³/mol. The summed E-state index contributed by atoms with van der Waals surface area (Å²) in [4.78, 5) is 18.0. The van der Waals surface area contributed by atoms with Crippen LogP contribution in [0, 0.1) is 10.1 Å². The summed E-state index contributed by atoms with van der Waals surface area (Å²) in [6, 6.07) is 11.5. The van der Waals surface area contributed by atoms with E-state index >= 15 is 0 Å². The standard InChI is InChI=1S/C19H19N5O8S2/c1-31-18-11-17(20-19(21-18)32-2)23-34(29,30)15-9-7-14(8-10-15)22-33(27,28)12-13-5-3-4-6-16(13)24(25)26/h3-11,22H,12H2,1-2H3,(H,20,21,23). The fourth-order valence-corrected chi connectivity index (χ4v) is 5.00. The van der Waals surface area contributed by atoms with E-state index < -0.39 is 30.7 Å². The van der Waals surface area contributed by atoms with Crippen molar-refractivity contribution in [3.8, 4) is 11.9 Å². The van der Waals surface area contributed by atoms with Crippen LogP contribution in [0.4, 0.5) is 17.2 Å². The average Bonchev–Trinajstić information content (AvgIpc) is 2.78. The van der Waals surface area contributed by atoms with Gasteiger partial charge in [0.15, 0.2) is 5.82 Å². The molecule has 1 heterocycles. The van der Waals surface area contributed by atoms with Gasteiger partial charge >= 0.3 is 6.01 Å². The van der Waals surface area contributed by atoms with Gasteiger partial charge < -0.3 is 9.47 Å². The molecule has 180 valence electrons. The van der Waals surface area contributed by atoms with Gasteiger partial charge in [-0.3, -0.25) is 19.6 Å². The van der Waals surface area contributed by atoms with E-state index in [0.717, 1.165) is 0 Å². The molecular weight excluding hydrogens is 490 g/mol. The average molecular weight is 510 g/mol. The number of anilines is 2. The Balaban J connectivity index is 1.76. The first-order valence-electron chi connectivity index (χ1n) is 9.36. The Labute approximate surface area is 195 Å². The molecule has 2 N–H and O–H groups in total. The van der Waals surface area contributed by atoms with Crippen molar-refractivity contribution >= 4 is 37.2 Å². The summed E-state index contributed by atoms with van der Waals surface area (Å²) in [6.07, 6.45) is 0. The molecule has 3 rings (SSSR count). The van der Waals surface area contributed by atoms with Crippen molar-refractivity contribution in [2.45, 2.75) is 10.6 Å². The fourth-order valence-electron chi connectivity index (χ4n) is 2.78. The maximum Gasteiger partial charge on any atom is 0.321 e. The van der Waals surface area contributed by atoms with Gasteiger partial charge in [-0.1, -0.05) is 18.2 Å². The van der Waals surface area contributed by atoms with Crippen LogP contribution in [0.25, 0.3) is 0 Å². The summed E-state index contributed by atoms with van der Waals surface area (Å²) in [6.45, 7) is 0. The van der Waals surface area contributed by atoms with Crippen LogP contribution in [-0.4, -0.2) is 45.9 Å². The third kappa shape index (κ3) is 6.08. The molecule has 0 radical (unpaired) electrons. The lowest BCUT2D eigenvalue weighted by molar-refractivity contribution is -0.385. The predicted octanol–water partition coefficient (Wildman–Crippen LogP) is 2.14. The molecule has 0 atom stereocenters. The monoisotopic (exact) mass is 509 g/mol. The number of hydrogen-bond acceptors (Lipinski definition) is 10. The first-order valence-corrected chi connectivity index (χ1v) is 12.5. The van der Waals surface area contributed by atoms with E-state index in [1.807, 2.05) is 0 Å². The van der Waals surface area contributed by atoms with Gasteiger partial charge in [0.2, 0.25) is 15.9 Å². The molecular formula is C19H19N5O8S2. The molecule has 0 aliphatic carbocycles. The van der Waals surface area contributed by atoms with Gasteiger partial charge in [-0.25, -0.2) is 16.8 Å². The van der Waals surface area contributed by atoms with Crippen LogP contribution >= 0.6 is 0 Å². The maximum atomic E-state index is 12.7. The minimum atomic E-state index is -4.09. The van der Waals surface area contributed by atoms with Gasteiger partial charge in [0.1, 0.15) is 5.75 Å². The lowest BCUT2D eigenvalue weighted by Gasteiger charge is -2.11. The van der Waals surface area contributed by atoms with Crippen LogP contribution in [0.15, 0.2) is 59.5 Å². The van der Waals surface area contributed by atoms with Crippen molar-refractivity contribution in [1.82, 2.24) is 9.97 Å². The molecule has 0 saturated carbocycles. The molecule has 0 amide bonds. The Morgan fingerprint density at radius 3 is 2.24 bits per heavy atom. The number of ether oxygens (including phenoxy) is 2. The van der Waals surface area contributed by atoms with Gasteiger partial charge in [-0.2, -0.15) is 9.97 Å². The maximum absolute atomic E-state index is 12.7.